The molecule has 0 nitrogen and oxygen atoms in total. The van der Waals surface area contributed by atoms with E-state index in [9.17, 15) is 8.78 Å². The van der Waals surface area contributed by atoms with Crippen LogP contribution in [0.4, 0.5) is 8.78 Å². The molecule has 3 heteroatoms. The molecule has 5 heavy (non-hydrogen) atoms. The fraction of sp³-hybridized carbons (Fsp3) is 0.500. The van der Waals surface area contributed by atoms with E-state index in [2.05, 4.69) is 0 Å². The Bertz CT molecular complexity index is 12.4. The second kappa shape index (κ2) is 4.55. The summed E-state index contributed by atoms with van der Waals surface area (Å²) in [7, 11) is 0. The molecule has 0 bridgehead atoms. The number of hydrogen-bond donors (Lipinski definition) is 0. The largest absolute Gasteiger partial charge is 0.422 e. The number of halogens is 2. The van der Waals surface area contributed by atoms with Crippen molar-refractivity contribution in [3.05, 3.63) is 6.43 Å². The number of hydrogen-bond acceptors (Lipinski definition) is 0. The molecule has 0 unspecified atom stereocenters. The summed E-state index contributed by atoms with van der Waals surface area (Å²) < 4.78 is 20.5. The minimum Gasteiger partial charge on any atom is -0.422 e. The van der Waals surface area contributed by atoms with Crippen LogP contribution in [0.15, 0.2) is 0 Å². The van der Waals surface area contributed by atoms with Gasteiger partial charge >= 0.3 is 0 Å². The summed E-state index contributed by atoms with van der Waals surface area (Å²) in [6, 6.07) is 0. The summed E-state index contributed by atoms with van der Waals surface area (Å²) in [6.45, 7) is 0.750. The average molecular weight is 249 g/mol. The van der Waals surface area contributed by atoms with Crippen LogP contribution < -0.4 is 0 Å². The van der Waals surface area contributed by atoms with Crippen LogP contribution in [0, 0.1) is 6.43 Å². The standard InChI is InChI=1S/C2H3F2.W/c1-2(3)4;/h1H3;/q-1;. The second-order valence-electron chi connectivity index (χ2n) is 0.449. The Morgan fingerprint density at radius 1 is 1.40 bits per heavy atom. The van der Waals surface area contributed by atoms with E-state index < -0.39 is 6.43 Å². The molecule has 0 radical (unpaired) electrons. The zero-order chi connectivity index (χ0) is 3.58. The summed E-state index contributed by atoms with van der Waals surface area (Å²) in [4.78, 5) is 0. The maximum Gasteiger partial charge on any atom is 0 e. The zero-order valence-electron chi connectivity index (χ0n) is 2.66. The minimum atomic E-state index is -1.58. The summed E-state index contributed by atoms with van der Waals surface area (Å²) in [5.41, 5.74) is 0. The Hall–Kier alpha value is 0.548. The third-order valence-corrected chi connectivity index (χ3v) is 0. The topological polar surface area (TPSA) is 0 Å². The molecule has 32 valence electrons. The van der Waals surface area contributed by atoms with Gasteiger partial charge in [-0.25, -0.2) is 0 Å². The van der Waals surface area contributed by atoms with Gasteiger partial charge in [-0.1, -0.05) is 0 Å². The van der Waals surface area contributed by atoms with Gasteiger partial charge in [0.1, 0.15) is 0 Å². The molecular weight excluding hydrogens is 246 g/mol. The average Bonchev–Trinajstić information content (AvgIpc) is 0.811. The van der Waals surface area contributed by atoms with Gasteiger partial charge in [0.2, 0.25) is 0 Å². The Kier molecular flexibility index (Phi) is 8.29. The Balaban J connectivity index is 0. The maximum atomic E-state index is 10.2. The fourth-order valence-corrected chi connectivity index (χ4v) is 0. The van der Waals surface area contributed by atoms with Crippen LogP contribution in [0.25, 0.3) is 0 Å². The molecule has 0 saturated heterocycles. The maximum absolute atomic E-state index is 10.2. The van der Waals surface area contributed by atoms with E-state index in [1.54, 1.807) is 0 Å². The normalized spacial score (nSPS) is 7.20. The van der Waals surface area contributed by atoms with Gasteiger partial charge in [0.15, 0.2) is 0 Å². The van der Waals surface area contributed by atoms with Crippen molar-refractivity contribution in [2.75, 3.05) is 0 Å². The van der Waals surface area contributed by atoms with Gasteiger partial charge in [-0.2, -0.15) is 0 Å². The third-order valence-electron chi connectivity index (χ3n) is 0. The van der Waals surface area contributed by atoms with Crippen LogP contribution in [0.2, 0.25) is 0 Å². The van der Waals surface area contributed by atoms with Crippen LogP contribution in [0.5, 0.6) is 0 Å². The van der Waals surface area contributed by atoms with Crippen LogP contribution in [-0.4, -0.2) is 0 Å². The van der Waals surface area contributed by atoms with Gasteiger partial charge in [-0.05, 0) is 6.43 Å². The monoisotopic (exact) mass is 249 g/mol. The zero-order valence-corrected chi connectivity index (χ0v) is 5.60. The van der Waals surface area contributed by atoms with E-state index in [4.69, 9.17) is 0 Å². The summed E-state index contributed by atoms with van der Waals surface area (Å²) in [5.74, 6) is 0. The fourth-order valence-electron chi connectivity index (χ4n) is 0. The van der Waals surface area contributed by atoms with E-state index in [0.29, 0.717) is 0 Å². The molecule has 0 aromatic rings. The van der Waals surface area contributed by atoms with Crippen LogP contribution in [-0.2, 0) is 21.1 Å². The molecule has 0 aromatic heterocycles. The Morgan fingerprint density at radius 3 is 1.40 bits per heavy atom. The van der Waals surface area contributed by atoms with Crippen LogP contribution >= 0.6 is 0 Å². The first-order chi connectivity index (χ1) is 1.73. The molecule has 0 amide bonds. The van der Waals surface area contributed by atoms with Gasteiger partial charge in [0.05, 0.1) is 0 Å². The molecular formula is C2H3F2W-. The molecule has 0 N–H and O–H groups in total. The molecule has 0 aliphatic heterocycles. The second-order valence-corrected chi connectivity index (χ2v) is 0.449. The van der Waals surface area contributed by atoms with Gasteiger partial charge in [0.25, 0.3) is 0 Å². The van der Waals surface area contributed by atoms with Crippen molar-refractivity contribution < 1.29 is 29.8 Å². The SMILES string of the molecule is C[C-](F)F.[W]. The molecule has 0 aromatic carbocycles. The minimum absolute atomic E-state index is 0. The molecule has 0 spiro atoms. The molecule has 0 rings (SSSR count). The van der Waals surface area contributed by atoms with E-state index >= 15 is 0 Å². The first-order valence-electron chi connectivity index (χ1n) is 0.878. The van der Waals surface area contributed by atoms with Crippen molar-refractivity contribution in [1.29, 1.82) is 0 Å². The van der Waals surface area contributed by atoms with Crippen molar-refractivity contribution in [2.45, 2.75) is 6.92 Å². The summed E-state index contributed by atoms with van der Waals surface area (Å²) >= 11 is 0. The van der Waals surface area contributed by atoms with E-state index in [1.165, 1.54) is 0 Å². The van der Waals surface area contributed by atoms with Crippen LogP contribution in [0.1, 0.15) is 6.92 Å². The first kappa shape index (κ1) is 9.12. The van der Waals surface area contributed by atoms with Gasteiger partial charge < -0.3 is 8.78 Å². The van der Waals surface area contributed by atoms with Crippen molar-refractivity contribution in [3.63, 3.8) is 0 Å². The van der Waals surface area contributed by atoms with Crippen molar-refractivity contribution in [1.82, 2.24) is 0 Å². The van der Waals surface area contributed by atoms with Gasteiger partial charge in [-0.3, -0.25) is 0 Å². The number of rotatable bonds is 0. The quantitative estimate of drug-likeness (QED) is 0.569. The molecule has 0 atom stereocenters. The van der Waals surface area contributed by atoms with Crippen molar-refractivity contribution in [2.24, 2.45) is 0 Å². The van der Waals surface area contributed by atoms with E-state index in [0.717, 1.165) is 6.92 Å². The van der Waals surface area contributed by atoms with Gasteiger partial charge in [-0.15, -0.1) is 6.92 Å². The third kappa shape index (κ3) is 98.2. The molecule has 0 heterocycles. The van der Waals surface area contributed by atoms with Gasteiger partial charge in [0, 0.05) is 21.1 Å². The predicted molar refractivity (Wildman–Crippen MR) is 11.1 cm³/mol. The molecule has 0 aliphatic rings. The summed E-state index contributed by atoms with van der Waals surface area (Å²) in [5, 5.41) is 0. The van der Waals surface area contributed by atoms with Crippen molar-refractivity contribution in [3.8, 4) is 0 Å². The first-order valence-corrected chi connectivity index (χ1v) is 0.878. The Labute approximate surface area is 43.8 Å². The Morgan fingerprint density at radius 2 is 1.40 bits per heavy atom. The van der Waals surface area contributed by atoms with Crippen LogP contribution in [0.3, 0.4) is 0 Å². The van der Waals surface area contributed by atoms with E-state index in [1.807, 2.05) is 0 Å². The summed E-state index contributed by atoms with van der Waals surface area (Å²) in [6.07, 6.45) is -1.58. The smallest absolute Gasteiger partial charge is 0 e. The van der Waals surface area contributed by atoms with E-state index in [-0.39, 0.29) is 21.1 Å². The predicted octanol–water partition coefficient (Wildman–Crippen LogP) is 1.43. The molecule has 0 aliphatic carbocycles. The molecule has 0 fully saturated rings. The van der Waals surface area contributed by atoms with Crippen molar-refractivity contribution >= 4 is 0 Å². The molecule has 0 saturated carbocycles.